The van der Waals surface area contributed by atoms with Crippen molar-refractivity contribution in [2.24, 2.45) is 0 Å². The van der Waals surface area contributed by atoms with Crippen molar-refractivity contribution in [1.82, 2.24) is 0 Å². The summed E-state index contributed by atoms with van der Waals surface area (Å²) in [6.07, 6.45) is 6.10. The molecule has 1 saturated heterocycles. The van der Waals surface area contributed by atoms with Crippen LogP contribution in [0.2, 0.25) is 0 Å². The maximum absolute atomic E-state index is 10.9. The van der Waals surface area contributed by atoms with Crippen LogP contribution in [0, 0.1) is 0 Å². The fourth-order valence-corrected chi connectivity index (χ4v) is 3.43. The van der Waals surface area contributed by atoms with Gasteiger partial charge in [-0.25, -0.2) is 0 Å². The first-order valence-electron chi connectivity index (χ1n) is 8.68. The molecule has 1 aromatic heterocycles. The summed E-state index contributed by atoms with van der Waals surface area (Å²) in [4.78, 5) is 13.4. The van der Waals surface area contributed by atoms with Crippen LogP contribution in [-0.2, 0) is 0 Å². The van der Waals surface area contributed by atoms with Crippen LogP contribution in [0.15, 0.2) is 52.9 Å². The average molecular weight is 319 g/mol. The maximum atomic E-state index is 10.9. The number of fused-ring (bicyclic) bond motifs is 1. The lowest BCUT2D eigenvalue weighted by atomic mass is 10.1. The van der Waals surface area contributed by atoms with Gasteiger partial charge in [-0.05, 0) is 49.2 Å². The molecule has 2 heterocycles. The van der Waals surface area contributed by atoms with Gasteiger partial charge in [0.2, 0.25) is 0 Å². The molecule has 1 aliphatic rings. The zero-order valence-corrected chi connectivity index (χ0v) is 13.7. The van der Waals surface area contributed by atoms with Gasteiger partial charge in [-0.3, -0.25) is 4.79 Å². The predicted molar refractivity (Wildman–Crippen MR) is 97.7 cm³/mol. The van der Waals surface area contributed by atoms with Gasteiger partial charge in [-0.15, -0.1) is 0 Å². The van der Waals surface area contributed by atoms with E-state index in [4.69, 9.17) is 4.42 Å². The highest BCUT2D eigenvalue weighted by molar-refractivity contribution is 5.88. The van der Waals surface area contributed by atoms with Gasteiger partial charge in [-0.1, -0.05) is 25.0 Å². The number of rotatable bonds is 3. The Kier molecular flexibility index (Phi) is 4.08. The quantitative estimate of drug-likeness (QED) is 0.615. The third-order valence-corrected chi connectivity index (χ3v) is 4.80. The van der Waals surface area contributed by atoms with E-state index in [9.17, 15) is 4.79 Å². The number of benzene rings is 2. The van der Waals surface area contributed by atoms with Crippen LogP contribution < -0.4 is 4.90 Å². The summed E-state index contributed by atoms with van der Waals surface area (Å²) >= 11 is 0. The third kappa shape index (κ3) is 2.94. The molecule has 4 rings (SSSR count). The van der Waals surface area contributed by atoms with Gasteiger partial charge >= 0.3 is 0 Å². The minimum absolute atomic E-state index is 0.639. The monoisotopic (exact) mass is 319 g/mol. The van der Waals surface area contributed by atoms with Gasteiger partial charge in [-0.2, -0.15) is 0 Å². The number of anilines is 1. The van der Waals surface area contributed by atoms with Crippen molar-refractivity contribution in [1.29, 1.82) is 0 Å². The molecular weight excluding hydrogens is 298 g/mol. The van der Waals surface area contributed by atoms with Gasteiger partial charge in [0, 0.05) is 35.3 Å². The standard InChI is InChI=1S/C21H21NO2/c23-15-16-5-6-18-14-21(24-20(18)13-16)17-7-9-19(10-8-17)22-11-3-1-2-4-12-22/h5-10,13-15H,1-4,11-12H2. The first-order valence-corrected chi connectivity index (χ1v) is 8.68. The Balaban J connectivity index is 1.61. The molecule has 0 radical (unpaired) electrons. The molecule has 1 fully saturated rings. The third-order valence-electron chi connectivity index (χ3n) is 4.80. The first kappa shape index (κ1) is 15.0. The van der Waals surface area contributed by atoms with Gasteiger partial charge in [0.1, 0.15) is 17.6 Å². The molecule has 0 N–H and O–H groups in total. The molecule has 3 aromatic rings. The summed E-state index contributed by atoms with van der Waals surface area (Å²) in [5, 5.41) is 1.02. The molecule has 0 aliphatic carbocycles. The van der Waals surface area contributed by atoms with Crippen LogP contribution in [0.5, 0.6) is 0 Å². The van der Waals surface area contributed by atoms with Crippen molar-refractivity contribution < 1.29 is 9.21 Å². The second-order valence-corrected chi connectivity index (χ2v) is 6.47. The Morgan fingerprint density at radius 2 is 1.62 bits per heavy atom. The lowest BCUT2D eigenvalue weighted by Gasteiger charge is -2.22. The van der Waals surface area contributed by atoms with Crippen molar-refractivity contribution in [2.75, 3.05) is 18.0 Å². The fraction of sp³-hybridized carbons (Fsp3) is 0.286. The number of carbonyl (C=O) groups excluding carboxylic acids is 1. The number of carbonyl (C=O) groups is 1. The fourth-order valence-electron chi connectivity index (χ4n) is 3.43. The molecule has 0 spiro atoms. The van der Waals surface area contributed by atoms with Gasteiger partial charge in [0.25, 0.3) is 0 Å². The highest BCUT2D eigenvalue weighted by atomic mass is 16.3. The number of nitrogens with zero attached hydrogens (tertiary/aromatic N) is 1. The first-order chi connectivity index (χ1) is 11.8. The van der Waals surface area contributed by atoms with E-state index in [2.05, 4.69) is 29.2 Å². The summed E-state index contributed by atoms with van der Waals surface area (Å²) in [7, 11) is 0. The molecule has 3 nitrogen and oxygen atoms in total. The molecule has 0 amide bonds. The normalized spacial score (nSPS) is 15.4. The van der Waals surface area contributed by atoms with Crippen molar-refractivity contribution in [3.63, 3.8) is 0 Å². The number of furan rings is 1. The van der Waals surface area contributed by atoms with Gasteiger partial charge in [0.05, 0.1) is 0 Å². The van der Waals surface area contributed by atoms with Crippen molar-refractivity contribution in [3.05, 3.63) is 54.1 Å². The average Bonchev–Trinajstić information content (AvgIpc) is 2.86. The largest absolute Gasteiger partial charge is 0.456 e. The smallest absolute Gasteiger partial charge is 0.150 e. The highest BCUT2D eigenvalue weighted by Gasteiger charge is 2.11. The Labute approximate surface area is 141 Å². The molecule has 122 valence electrons. The SMILES string of the molecule is O=Cc1ccc2cc(-c3ccc(N4CCCCCC4)cc3)oc2c1. The topological polar surface area (TPSA) is 33.5 Å². The van der Waals surface area contributed by atoms with Crippen LogP contribution >= 0.6 is 0 Å². The van der Waals surface area contributed by atoms with Crippen molar-refractivity contribution >= 4 is 22.9 Å². The number of hydrogen-bond acceptors (Lipinski definition) is 3. The molecule has 24 heavy (non-hydrogen) atoms. The minimum Gasteiger partial charge on any atom is -0.456 e. The number of hydrogen-bond donors (Lipinski definition) is 0. The van der Waals surface area contributed by atoms with E-state index < -0.39 is 0 Å². The van der Waals surface area contributed by atoms with Crippen LogP contribution in [0.4, 0.5) is 5.69 Å². The van der Waals surface area contributed by atoms with Gasteiger partial charge < -0.3 is 9.32 Å². The van der Waals surface area contributed by atoms with Crippen molar-refractivity contribution in [2.45, 2.75) is 25.7 Å². The second kappa shape index (κ2) is 6.52. The summed E-state index contributed by atoms with van der Waals surface area (Å²) in [6, 6.07) is 16.2. The van der Waals surface area contributed by atoms with Crippen molar-refractivity contribution in [3.8, 4) is 11.3 Å². The molecule has 0 bridgehead atoms. The Bertz CT molecular complexity index is 840. The Morgan fingerprint density at radius 1 is 0.875 bits per heavy atom. The zero-order chi connectivity index (χ0) is 16.4. The van der Waals surface area contributed by atoms with Gasteiger partial charge in [0.15, 0.2) is 0 Å². The predicted octanol–water partition coefficient (Wildman–Crippen LogP) is 5.29. The van der Waals surface area contributed by atoms with Crippen LogP contribution in [0.25, 0.3) is 22.3 Å². The lowest BCUT2D eigenvalue weighted by molar-refractivity contribution is 0.112. The summed E-state index contributed by atoms with van der Waals surface area (Å²) in [6.45, 7) is 2.30. The summed E-state index contributed by atoms with van der Waals surface area (Å²) in [5.41, 5.74) is 3.75. The van der Waals surface area contributed by atoms with Crippen LogP contribution in [0.3, 0.4) is 0 Å². The van der Waals surface area contributed by atoms with E-state index >= 15 is 0 Å². The zero-order valence-electron chi connectivity index (χ0n) is 13.7. The van der Waals surface area contributed by atoms with E-state index in [1.54, 1.807) is 6.07 Å². The molecule has 2 aromatic carbocycles. The highest BCUT2D eigenvalue weighted by Crippen LogP contribution is 2.30. The summed E-state index contributed by atoms with van der Waals surface area (Å²) < 4.78 is 5.93. The van der Waals surface area contributed by atoms with Crippen LogP contribution in [0.1, 0.15) is 36.0 Å². The Morgan fingerprint density at radius 3 is 2.33 bits per heavy atom. The summed E-state index contributed by atoms with van der Waals surface area (Å²) in [5.74, 6) is 0.843. The minimum atomic E-state index is 0.639. The molecule has 3 heteroatoms. The maximum Gasteiger partial charge on any atom is 0.150 e. The van der Waals surface area contributed by atoms with E-state index in [0.29, 0.717) is 5.56 Å². The molecule has 0 saturated carbocycles. The van der Waals surface area contributed by atoms with E-state index in [0.717, 1.165) is 41.7 Å². The van der Waals surface area contributed by atoms with E-state index in [1.165, 1.54) is 31.4 Å². The number of aldehydes is 1. The molecular formula is C21H21NO2. The second-order valence-electron chi connectivity index (χ2n) is 6.47. The van der Waals surface area contributed by atoms with E-state index in [-0.39, 0.29) is 0 Å². The lowest BCUT2D eigenvalue weighted by Crippen LogP contribution is -2.23. The van der Waals surface area contributed by atoms with Crippen LogP contribution in [-0.4, -0.2) is 19.4 Å². The molecule has 0 atom stereocenters. The van der Waals surface area contributed by atoms with E-state index in [1.807, 2.05) is 18.2 Å². The molecule has 0 unspecified atom stereocenters. The molecule has 1 aliphatic heterocycles. The Hall–Kier alpha value is -2.55.